The van der Waals surface area contributed by atoms with Crippen molar-refractivity contribution in [2.45, 2.75) is 4.90 Å². The molecule has 0 saturated heterocycles. The predicted molar refractivity (Wildman–Crippen MR) is 76.0 cm³/mol. The van der Waals surface area contributed by atoms with Crippen LogP contribution in [0.3, 0.4) is 0 Å². The molecule has 0 unspecified atom stereocenters. The largest absolute Gasteiger partial charge is 0.493 e. The summed E-state index contributed by atoms with van der Waals surface area (Å²) in [4.78, 5) is 11.5. The molecule has 2 rings (SSSR count). The Kier molecular flexibility index (Phi) is 5.16. The van der Waals surface area contributed by atoms with Crippen LogP contribution in [0.1, 0.15) is 10.4 Å². The molecule has 1 N–H and O–H groups in total. The van der Waals surface area contributed by atoms with Crippen LogP contribution in [-0.4, -0.2) is 23.4 Å². The van der Waals surface area contributed by atoms with Crippen molar-refractivity contribution in [1.82, 2.24) is 0 Å². The van der Waals surface area contributed by atoms with Crippen molar-refractivity contribution in [1.29, 1.82) is 0 Å². The lowest BCUT2D eigenvalue weighted by atomic mass is 10.2. The van der Waals surface area contributed by atoms with Crippen LogP contribution in [0.4, 0.5) is 8.78 Å². The van der Waals surface area contributed by atoms with Crippen molar-refractivity contribution in [3.63, 3.8) is 0 Å². The maximum absolute atomic E-state index is 13.2. The molecule has 6 heteroatoms. The van der Waals surface area contributed by atoms with E-state index in [1.165, 1.54) is 48.2 Å². The molecule has 3 nitrogen and oxygen atoms in total. The van der Waals surface area contributed by atoms with Crippen LogP contribution in [0.2, 0.25) is 0 Å². The lowest BCUT2D eigenvalue weighted by Gasteiger charge is -2.06. The fourth-order valence-corrected chi connectivity index (χ4v) is 2.38. The summed E-state index contributed by atoms with van der Waals surface area (Å²) in [5, 5.41) is 8.83. The number of carboxylic acids is 1. The van der Waals surface area contributed by atoms with E-state index in [-0.39, 0.29) is 11.4 Å². The van der Waals surface area contributed by atoms with E-state index in [1.807, 2.05) is 0 Å². The summed E-state index contributed by atoms with van der Waals surface area (Å²) in [5.74, 6) is -1.26. The van der Waals surface area contributed by atoms with Crippen molar-refractivity contribution < 1.29 is 23.4 Å². The molecule has 0 radical (unpaired) electrons. The number of thioether (sulfide) groups is 1. The molecule has 0 fully saturated rings. The Morgan fingerprint density at radius 3 is 2.52 bits per heavy atom. The third-order valence-electron chi connectivity index (χ3n) is 2.60. The highest BCUT2D eigenvalue weighted by Crippen LogP contribution is 2.21. The highest BCUT2D eigenvalue weighted by molar-refractivity contribution is 7.99. The molecule has 0 heterocycles. The quantitative estimate of drug-likeness (QED) is 0.650. The molecule has 0 aliphatic heterocycles. The standard InChI is InChI=1S/C15H12F2O3S/c16-10-1-3-11(4-2-10)20-7-8-21-12-5-6-14(17)13(9-12)15(18)19/h1-6,9H,7-8H2,(H,18,19). The van der Waals surface area contributed by atoms with Crippen molar-refractivity contribution >= 4 is 17.7 Å². The van der Waals surface area contributed by atoms with E-state index in [0.29, 0.717) is 23.0 Å². The Balaban J connectivity index is 1.85. The van der Waals surface area contributed by atoms with Crippen LogP contribution in [0.15, 0.2) is 47.4 Å². The Hall–Kier alpha value is -2.08. The van der Waals surface area contributed by atoms with Crippen LogP contribution in [-0.2, 0) is 0 Å². The molecule has 0 atom stereocenters. The van der Waals surface area contributed by atoms with E-state index < -0.39 is 11.8 Å². The normalized spacial score (nSPS) is 10.4. The van der Waals surface area contributed by atoms with Gasteiger partial charge in [-0.25, -0.2) is 13.6 Å². The van der Waals surface area contributed by atoms with E-state index in [9.17, 15) is 13.6 Å². The molecule has 0 bridgehead atoms. The second-order valence-corrected chi connectivity index (χ2v) is 5.27. The third kappa shape index (κ3) is 4.46. The molecule has 21 heavy (non-hydrogen) atoms. The van der Waals surface area contributed by atoms with Crippen LogP contribution in [0, 0.1) is 11.6 Å². The summed E-state index contributed by atoms with van der Waals surface area (Å²) in [5.41, 5.74) is -0.348. The molecular formula is C15H12F2O3S. The van der Waals surface area contributed by atoms with Gasteiger partial charge in [0.15, 0.2) is 0 Å². The minimum Gasteiger partial charge on any atom is -0.493 e. The van der Waals surface area contributed by atoms with Crippen LogP contribution in [0.5, 0.6) is 5.75 Å². The molecule has 0 aliphatic carbocycles. The van der Waals surface area contributed by atoms with Gasteiger partial charge in [0.2, 0.25) is 0 Å². The van der Waals surface area contributed by atoms with Crippen molar-refractivity contribution in [2.24, 2.45) is 0 Å². The summed E-state index contributed by atoms with van der Waals surface area (Å²) in [6.07, 6.45) is 0. The van der Waals surface area contributed by atoms with Crippen LogP contribution < -0.4 is 4.74 Å². The molecule has 0 aliphatic rings. The fraction of sp³-hybridized carbons (Fsp3) is 0.133. The van der Waals surface area contributed by atoms with Crippen LogP contribution >= 0.6 is 11.8 Å². The van der Waals surface area contributed by atoms with Gasteiger partial charge in [0.1, 0.15) is 17.4 Å². The topological polar surface area (TPSA) is 46.5 Å². The first kappa shape index (κ1) is 15.3. The molecular weight excluding hydrogens is 298 g/mol. The summed E-state index contributed by atoms with van der Waals surface area (Å²) in [6, 6.07) is 9.61. The van der Waals surface area contributed by atoms with Gasteiger partial charge in [0, 0.05) is 10.6 Å². The van der Waals surface area contributed by atoms with Gasteiger partial charge in [-0.3, -0.25) is 0 Å². The van der Waals surface area contributed by atoms with Gasteiger partial charge in [-0.05, 0) is 42.5 Å². The number of hydrogen-bond acceptors (Lipinski definition) is 3. The minimum atomic E-state index is -1.29. The second-order valence-electron chi connectivity index (χ2n) is 4.10. The summed E-state index contributed by atoms with van der Waals surface area (Å²) >= 11 is 1.35. The molecule has 0 aromatic heterocycles. The zero-order chi connectivity index (χ0) is 15.2. The van der Waals surface area contributed by atoms with Gasteiger partial charge >= 0.3 is 5.97 Å². The number of benzene rings is 2. The van der Waals surface area contributed by atoms with E-state index in [0.717, 1.165) is 6.07 Å². The zero-order valence-electron chi connectivity index (χ0n) is 10.9. The number of ether oxygens (including phenoxy) is 1. The first-order valence-corrected chi connectivity index (χ1v) is 7.09. The van der Waals surface area contributed by atoms with Gasteiger partial charge in [-0.1, -0.05) is 0 Å². The number of carboxylic acid groups (broad SMARTS) is 1. The molecule has 2 aromatic carbocycles. The third-order valence-corrected chi connectivity index (χ3v) is 3.56. The van der Waals surface area contributed by atoms with Crippen molar-refractivity contribution in [2.75, 3.05) is 12.4 Å². The number of rotatable bonds is 6. The smallest absolute Gasteiger partial charge is 0.338 e. The van der Waals surface area contributed by atoms with Crippen molar-refractivity contribution in [3.8, 4) is 5.75 Å². The molecule has 0 saturated carbocycles. The van der Waals surface area contributed by atoms with Gasteiger partial charge in [0.25, 0.3) is 0 Å². The highest BCUT2D eigenvalue weighted by atomic mass is 32.2. The van der Waals surface area contributed by atoms with Crippen molar-refractivity contribution in [3.05, 3.63) is 59.7 Å². The fourth-order valence-electron chi connectivity index (χ4n) is 1.61. The Labute approximate surface area is 124 Å². The molecule has 2 aromatic rings. The van der Waals surface area contributed by atoms with Gasteiger partial charge in [-0.15, -0.1) is 11.8 Å². The monoisotopic (exact) mass is 310 g/mol. The first-order chi connectivity index (χ1) is 10.1. The number of carbonyl (C=O) groups is 1. The lowest BCUT2D eigenvalue weighted by Crippen LogP contribution is -2.02. The van der Waals surface area contributed by atoms with Gasteiger partial charge < -0.3 is 9.84 Å². The van der Waals surface area contributed by atoms with Gasteiger partial charge in [0.05, 0.1) is 12.2 Å². The summed E-state index contributed by atoms with van der Waals surface area (Å²) in [6.45, 7) is 0.371. The minimum absolute atomic E-state index is 0.329. The van der Waals surface area contributed by atoms with E-state index >= 15 is 0 Å². The van der Waals surface area contributed by atoms with Crippen LogP contribution in [0.25, 0.3) is 0 Å². The number of hydrogen-bond donors (Lipinski definition) is 1. The Morgan fingerprint density at radius 2 is 1.86 bits per heavy atom. The Morgan fingerprint density at radius 1 is 1.14 bits per heavy atom. The second kappa shape index (κ2) is 7.08. The predicted octanol–water partition coefficient (Wildman–Crippen LogP) is 3.83. The summed E-state index contributed by atoms with van der Waals surface area (Å²) < 4.78 is 31.3. The van der Waals surface area contributed by atoms with Gasteiger partial charge in [-0.2, -0.15) is 0 Å². The highest BCUT2D eigenvalue weighted by Gasteiger charge is 2.10. The maximum Gasteiger partial charge on any atom is 0.338 e. The molecule has 0 amide bonds. The zero-order valence-corrected chi connectivity index (χ0v) is 11.7. The maximum atomic E-state index is 13.2. The average molecular weight is 310 g/mol. The number of halogens is 2. The van der Waals surface area contributed by atoms with E-state index in [2.05, 4.69) is 0 Å². The lowest BCUT2D eigenvalue weighted by molar-refractivity contribution is 0.0691. The average Bonchev–Trinajstić information content (AvgIpc) is 2.46. The van der Waals surface area contributed by atoms with E-state index in [4.69, 9.17) is 9.84 Å². The SMILES string of the molecule is O=C(O)c1cc(SCCOc2ccc(F)cc2)ccc1F. The molecule has 110 valence electrons. The summed E-state index contributed by atoms with van der Waals surface area (Å²) in [7, 11) is 0. The van der Waals surface area contributed by atoms with E-state index in [1.54, 1.807) is 0 Å². The molecule has 0 spiro atoms. The first-order valence-electron chi connectivity index (χ1n) is 6.10. The Bertz CT molecular complexity index is 629. The number of aromatic carboxylic acids is 1.